The predicted molar refractivity (Wildman–Crippen MR) is 241 cm³/mol. The number of likely N-dealkylation sites (N-methyl/N-ethyl adjacent to an activating group) is 1. The Hall–Kier alpha value is -7.34. The van der Waals surface area contributed by atoms with Gasteiger partial charge in [0.2, 0.25) is 23.6 Å². The fourth-order valence-electron chi connectivity index (χ4n) is 7.72. The van der Waals surface area contributed by atoms with E-state index in [1.165, 1.54) is 18.9 Å². The number of amides is 5. The Bertz CT molecular complexity index is 2490. The molecule has 0 saturated heterocycles. The highest BCUT2D eigenvalue weighted by Gasteiger charge is 2.36. The summed E-state index contributed by atoms with van der Waals surface area (Å²) >= 11 is 0. The number of nitrogens with zero attached hydrogens (tertiary/aromatic N) is 4. The number of nitriles is 1. The molecule has 0 aliphatic carbocycles. The van der Waals surface area contributed by atoms with Crippen molar-refractivity contribution in [1.82, 2.24) is 36.1 Å². The second kappa shape index (κ2) is 22.0. The summed E-state index contributed by atoms with van der Waals surface area (Å²) in [6.45, 7) is 5.92. The van der Waals surface area contributed by atoms with Gasteiger partial charge in [-0.25, -0.2) is 9.97 Å². The lowest BCUT2D eigenvalue weighted by Gasteiger charge is -2.32. The first kappa shape index (κ1) is 48.1. The van der Waals surface area contributed by atoms with E-state index >= 15 is 0 Å². The Morgan fingerprint density at radius 3 is 2.18 bits per heavy atom. The third-order valence-electron chi connectivity index (χ3n) is 10.9. The molecule has 0 spiro atoms. The molecule has 348 valence electrons. The minimum atomic E-state index is -1.42. The van der Waals surface area contributed by atoms with E-state index in [0.717, 1.165) is 0 Å². The average molecular weight is 906 g/mol. The van der Waals surface area contributed by atoms with Crippen molar-refractivity contribution in [1.29, 1.82) is 5.26 Å². The third-order valence-corrected chi connectivity index (χ3v) is 10.9. The highest BCUT2D eigenvalue weighted by atomic mass is 16.6. The van der Waals surface area contributed by atoms with Crippen molar-refractivity contribution in [2.45, 2.75) is 57.8 Å². The zero-order chi connectivity index (χ0) is 47.5. The van der Waals surface area contributed by atoms with Crippen molar-refractivity contribution < 1.29 is 42.9 Å². The van der Waals surface area contributed by atoms with Crippen molar-refractivity contribution in [2.24, 2.45) is 17.2 Å². The van der Waals surface area contributed by atoms with Gasteiger partial charge in [0.15, 0.2) is 17.3 Å². The molecule has 66 heavy (non-hydrogen) atoms. The minimum absolute atomic E-state index is 0.00412. The maximum Gasteiger partial charge on any atom is 0.255 e. The number of aromatic nitrogens is 2. The molecular weight excluding hydrogens is 851 g/mol. The molecule has 0 saturated carbocycles. The third kappa shape index (κ3) is 11.1. The number of fused-ring (bicyclic) bond motifs is 6. The van der Waals surface area contributed by atoms with E-state index in [0.29, 0.717) is 81.2 Å². The Kier molecular flexibility index (Phi) is 16.1. The molecule has 10 N–H and O–H groups in total. The molecule has 4 bridgehead atoms. The topological polar surface area (TPSA) is 301 Å². The van der Waals surface area contributed by atoms with Crippen LogP contribution < -0.4 is 57.4 Å². The minimum Gasteiger partial charge on any atom is -0.492 e. The number of ether oxygens (including phenoxy) is 4. The summed E-state index contributed by atoms with van der Waals surface area (Å²) in [7, 11) is 1.41. The van der Waals surface area contributed by atoms with Crippen LogP contribution in [0.1, 0.15) is 52.3 Å². The van der Waals surface area contributed by atoms with Crippen molar-refractivity contribution in [3.05, 3.63) is 82.7 Å². The largest absolute Gasteiger partial charge is 0.492 e. The predicted octanol–water partition coefficient (Wildman–Crippen LogP) is 0.706. The van der Waals surface area contributed by atoms with Crippen LogP contribution in [-0.2, 0) is 25.6 Å². The maximum absolute atomic E-state index is 14.7. The quantitative estimate of drug-likeness (QED) is 0.0809. The molecule has 4 atom stereocenters. The zero-order valence-corrected chi connectivity index (χ0v) is 37.3. The van der Waals surface area contributed by atoms with Crippen LogP contribution in [0.4, 0.5) is 0 Å². The second-order valence-electron chi connectivity index (χ2n) is 15.6. The maximum atomic E-state index is 14.7. The van der Waals surface area contributed by atoms with Gasteiger partial charge >= 0.3 is 0 Å². The van der Waals surface area contributed by atoms with E-state index in [-0.39, 0.29) is 57.8 Å². The summed E-state index contributed by atoms with van der Waals surface area (Å²) in [5.74, 6) is -1.14. The first-order valence-corrected chi connectivity index (χ1v) is 21.5. The number of carbonyl (C=O) groups is 5. The van der Waals surface area contributed by atoms with Gasteiger partial charge in [0.1, 0.15) is 68.6 Å². The van der Waals surface area contributed by atoms with Crippen LogP contribution in [0.3, 0.4) is 0 Å². The van der Waals surface area contributed by atoms with E-state index < -0.39 is 53.7 Å². The number of carbonyl (C=O) groups excluding carboxylic acids is 5. The smallest absolute Gasteiger partial charge is 0.255 e. The number of nitrogens with two attached hydrogens (primary N) is 3. The summed E-state index contributed by atoms with van der Waals surface area (Å²) in [5.41, 5.74) is 21.0. The van der Waals surface area contributed by atoms with Gasteiger partial charge in [-0.1, -0.05) is 12.1 Å². The molecule has 5 amide bonds. The highest BCUT2D eigenvalue weighted by molar-refractivity contribution is 6.00. The molecule has 0 radical (unpaired) electrons. The monoisotopic (exact) mass is 905 g/mol. The molecule has 1 aromatic heterocycles. The fourth-order valence-corrected chi connectivity index (χ4v) is 7.72. The summed E-state index contributed by atoms with van der Waals surface area (Å²) < 4.78 is 23.6. The van der Waals surface area contributed by atoms with E-state index in [4.69, 9.17) is 41.4 Å². The number of hydrogen-bond acceptors (Lipinski definition) is 15. The van der Waals surface area contributed by atoms with Gasteiger partial charge in [0.05, 0.1) is 23.0 Å². The van der Waals surface area contributed by atoms with Crippen LogP contribution in [0.15, 0.2) is 54.6 Å². The summed E-state index contributed by atoms with van der Waals surface area (Å²) in [5, 5.41) is 19.9. The number of benzene rings is 3. The van der Waals surface area contributed by atoms with Crippen LogP contribution in [0.25, 0.3) is 22.5 Å². The van der Waals surface area contributed by atoms with E-state index in [2.05, 4.69) is 31.2 Å². The van der Waals surface area contributed by atoms with Crippen molar-refractivity contribution in [3.8, 4) is 51.6 Å². The molecular formula is C46H55N11O9. The van der Waals surface area contributed by atoms with Gasteiger partial charge in [-0.15, -0.1) is 0 Å². The zero-order valence-electron chi connectivity index (χ0n) is 37.3. The number of nitrogens with one attached hydrogen (secondary N) is 4. The van der Waals surface area contributed by atoms with Crippen molar-refractivity contribution in [2.75, 3.05) is 59.7 Å². The highest BCUT2D eigenvalue weighted by Crippen LogP contribution is 2.40. The van der Waals surface area contributed by atoms with Crippen molar-refractivity contribution >= 4 is 29.5 Å². The van der Waals surface area contributed by atoms with Gasteiger partial charge in [0, 0.05) is 43.2 Å². The van der Waals surface area contributed by atoms with Crippen LogP contribution >= 0.6 is 0 Å². The lowest BCUT2D eigenvalue weighted by molar-refractivity contribution is -0.141. The second-order valence-corrected chi connectivity index (χ2v) is 15.6. The van der Waals surface area contributed by atoms with Crippen LogP contribution in [0.2, 0.25) is 0 Å². The summed E-state index contributed by atoms with van der Waals surface area (Å²) in [6, 6.07) is 12.3. The SMILES string of the molecule is Cc1nc(-c2ccc3c(c2)OCCO3)nc(C)c1C(=O)NC(CCN)C(=O)N(C)[C@@H]1C(=O)N[C@@H](C)C(=O)N[C@H](C(=O)NCC#N)Cc2ccc(OCCN)c(c2)-c2cc1ccc2OCCN. The molecule has 2 aliphatic heterocycles. The van der Waals surface area contributed by atoms with E-state index in [9.17, 15) is 24.0 Å². The Morgan fingerprint density at radius 1 is 0.879 bits per heavy atom. The number of aryl methyl sites for hydroxylation is 2. The summed E-state index contributed by atoms with van der Waals surface area (Å²) in [4.78, 5) is 80.9. The molecule has 20 nitrogen and oxygen atoms in total. The summed E-state index contributed by atoms with van der Waals surface area (Å²) in [6.07, 6.45) is -0.0207. The van der Waals surface area contributed by atoms with Crippen molar-refractivity contribution in [3.63, 3.8) is 0 Å². The molecule has 3 heterocycles. The Balaban J connectivity index is 1.39. The lowest BCUT2D eigenvalue weighted by atomic mass is 9.93. The Morgan fingerprint density at radius 2 is 1.53 bits per heavy atom. The van der Waals surface area contributed by atoms with Crippen LogP contribution in [0, 0.1) is 25.2 Å². The standard InChI is InChI=1S/C46H55N11O9/c1-25-39(26(2)53-41(52-25)30-7-10-37-38(24-30)66-20-19-65-37)44(60)55-33(11-12-47)46(62)57(4)40-29-6-9-36(64-18-15-50)32(23-29)31-21-28(5-8-35(31)63-17-14-49)22-34(43(59)51-16-13-48)56-42(58)27(3)54-45(40)61/h5-10,21,23-24,27,33-34,40H,11-12,14-20,22,47,49-50H2,1-4H3,(H,51,59)(H,54,61)(H,55,60)(H,56,58)/t27-,33?,34-,40-/m0/s1. The van der Waals surface area contributed by atoms with Gasteiger partial charge in [-0.05, 0) is 87.3 Å². The van der Waals surface area contributed by atoms with Crippen LogP contribution in [0.5, 0.6) is 23.0 Å². The molecule has 6 rings (SSSR count). The molecule has 3 aromatic carbocycles. The van der Waals surface area contributed by atoms with Gasteiger partial charge in [-0.2, -0.15) is 5.26 Å². The number of hydrogen-bond donors (Lipinski definition) is 7. The molecule has 0 fully saturated rings. The van der Waals surface area contributed by atoms with Gasteiger partial charge in [-0.3, -0.25) is 24.0 Å². The average Bonchev–Trinajstić information content (AvgIpc) is 3.30. The molecule has 2 aliphatic rings. The molecule has 20 heteroatoms. The Labute approximate surface area is 381 Å². The van der Waals surface area contributed by atoms with E-state index in [1.807, 2.05) is 6.07 Å². The van der Waals surface area contributed by atoms with E-state index in [1.54, 1.807) is 68.4 Å². The first-order valence-electron chi connectivity index (χ1n) is 21.5. The first-order chi connectivity index (χ1) is 31.8. The fraction of sp³-hybridized carbons (Fsp3) is 0.391. The molecule has 4 aromatic rings. The normalized spacial score (nSPS) is 17.2. The van der Waals surface area contributed by atoms with Gasteiger partial charge in [0.25, 0.3) is 5.91 Å². The number of rotatable bonds is 15. The van der Waals surface area contributed by atoms with Crippen LogP contribution in [-0.4, -0.2) is 122 Å². The molecule has 1 unspecified atom stereocenters. The van der Waals surface area contributed by atoms with Gasteiger partial charge < -0.3 is 62.3 Å². The lowest BCUT2D eigenvalue weighted by Crippen LogP contribution is -2.56.